The van der Waals surface area contributed by atoms with Gasteiger partial charge in [-0.05, 0) is 18.6 Å². The minimum atomic E-state index is -3.22. The van der Waals surface area contributed by atoms with Gasteiger partial charge in [0.2, 0.25) is 10.0 Å². The van der Waals surface area contributed by atoms with E-state index in [0.717, 1.165) is 0 Å². The van der Waals surface area contributed by atoms with Crippen molar-refractivity contribution in [1.29, 1.82) is 0 Å². The van der Waals surface area contributed by atoms with E-state index in [1.807, 2.05) is 0 Å². The summed E-state index contributed by atoms with van der Waals surface area (Å²) in [5.41, 5.74) is 0.791. The standard InChI is InChI=1S/C13H14FNO3S/c14-13-9-11(3-1-7-16)4-5-12(13)10-15-6-2-8-19(15,17)18/h4-5,9,16H,2,6-8,10H2. The van der Waals surface area contributed by atoms with Crippen molar-refractivity contribution >= 4 is 10.0 Å². The molecule has 0 saturated carbocycles. The number of aliphatic hydroxyl groups is 1. The van der Waals surface area contributed by atoms with Crippen molar-refractivity contribution in [3.8, 4) is 11.8 Å². The predicted molar refractivity (Wildman–Crippen MR) is 69.2 cm³/mol. The Labute approximate surface area is 111 Å². The zero-order valence-corrected chi connectivity index (χ0v) is 11.1. The maximum Gasteiger partial charge on any atom is 0.214 e. The number of aliphatic hydroxyl groups excluding tert-OH is 1. The second-order valence-electron chi connectivity index (χ2n) is 4.27. The molecule has 0 radical (unpaired) electrons. The number of nitrogens with zero attached hydrogens (tertiary/aromatic N) is 1. The van der Waals surface area contributed by atoms with Crippen LogP contribution in [0.25, 0.3) is 0 Å². The lowest BCUT2D eigenvalue weighted by atomic mass is 10.1. The van der Waals surface area contributed by atoms with Crippen molar-refractivity contribution in [2.24, 2.45) is 0 Å². The average Bonchev–Trinajstić information content (AvgIpc) is 2.69. The molecule has 0 amide bonds. The average molecular weight is 283 g/mol. The van der Waals surface area contributed by atoms with Crippen LogP contribution in [0.2, 0.25) is 0 Å². The van der Waals surface area contributed by atoms with Gasteiger partial charge >= 0.3 is 0 Å². The zero-order chi connectivity index (χ0) is 13.9. The van der Waals surface area contributed by atoms with Gasteiger partial charge in [-0.2, -0.15) is 4.31 Å². The molecule has 2 rings (SSSR count). The summed E-state index contributed by atoms with van der Waals surface area (Å²) in [6.07, 6.45) is 0.587. The van der Waals surface area contributed by atoms with Crippen molar-refractivity contribution in [3.63, 3.8) is 0 Å². The zero-order valence-electron chi connectivity index (χ0n) is 10.3. The number of hydrogen-bond acceptors (Lipinski definition) is 3. The molecule has 0 aliphatic carbocycles. The van der Waals surface area contributed by atoms with E-state index in [1.54, 1.807) is 6.07 Å². The highest BCUT2D eigenvalue weighted by atomic mass is 32.2. The highest BCUT2D eigenvalue weighted by molar-refractivity contribution is 7.89. The van der Waals surface area contributed by atoms with Crippen LogP contribution in [-0.2, 0) is 16.6 Å². The number of hydrogen-bond donors (Lipinski definition) is 1. The molecule has 19 heavy (non-hydrogen) atoms. The van der Waals surface area contributed by atoms with Crippen molar-refractivity contribution < 1.29 is 17.9 Å². The van der Waals surface area contributed by atoms with E-state index >= 15 is 0 Å². The number of rotatable bonds is 2. The lowest BCUT2D eigenvalue weighted by molar-refractivity contribution is 0.350. The molecule has 1 aromatic carbocycles. The van der Waals surface area contributed by atoms with Gasteiger partial charge in [0.05, 0.1) is 5.75 Å². The molecular formula is C13H14FNO3S. The van der Waals surface area contributed by atoms with E-state index < -0.39 is 15.8 Å². The summed E-state index contributed by atoms with van der Waals surface area (Å²) in [4.78, 5) is 0. The Balaban J connectivity index is 2.18. The van der Waals surface area contributed by atoms with Crippen molar-refractivity contribution in [3.05, 3.63) is 35.1 Å². The van der Waals surface area contributed by atoms with E-state index in [4.69, 9.17) is 5.11 Å². The normalized spacial score (nSPS) is 18.0. The van der Waals surface area contributed by atoms with Crippen LogP contribution in [0.3, 0.4) is 0 Å². The highest BCUT2D eigenvalue weighted by Gasteiger charge is 2.28. The second-order valence-corrected chi connectivity index (χ2v) is 6.36. The van der Waals surface area contributed by atoms with Crippen molar-refractivity contribution in [1.82, 2.24) is 4.31 Å². The smallest absolute Gasteiger partial charge is 0.214 e. The summed E-state index contributed by atoms with van der Waals surface area (Å²) in [7, 11) is -3.22. The van der Waals surface area contributed by atoms with Crippen LogP contribution in [-0.4, -0.2) is 36.7 Å². The topological polar surface area (TPSA) is 57.6 Å². The molecule has 1 N–H and O–H groups in total. The monoisotopic (exact) mass is 283 g/mol. The summed E-state index contributed by atoms with van der Waals surface area (Å²) in [6.45, 7) is 0.213. The Hall–Kier alpha value is -1.42. The largest absolute Gasteiger partial charge is 0.384 e. The van der Waals surface area contributed by atoms with Gasteiger partial charge < -0.3 is 5.11 Å². The third-order valence-electron chi connectivity index (χ3n) is 2.91. The van der Waals surface area contributed by atoms with E-state index in [2.05, 4.69) is 11.8 Å². The molecule has 6 heteroatoms. The van der Waals surface area contributed by atoms with Crippen molar-refractivity contribution in [2.45, 2.75) is 13.0 Å². The fourth-order valence-corrected chi connectivity index (χ4v) is 3.45. The summed E-state index contributed by atoms with van der Waals surface area (Å²) in [6, 6.07) is 4.40. The first-order chi connectivity index (χ1) is 9.03. The van der Waals surface area contributed by atoms with Crippen LogP contribution in [0.15, 0.2) is 18.2 Å². The van der Waals surface area contributed by atoms with Crippen LogP contribution in [0, 0.1) is 17.7 Å². The minimum absolute atomic E-state index is 0.0574. The molecule has 1 aliphatic rings. The molecule has 0 bridgehead atoms. The van der Waals surface area contributed by atoms with Gasteiger partial charge in [-0.1, -0.05) is 17.9 Å². The molecular weight excluding hydrogens is 269 g/mol. The van der Waals surface area contributed by atoms with Gasteiger partial charge in [0.25, 0.3) is 0 Å². The molecule has 4 nitrogen and oxygen atoms in total. The maximum atomic E-state index is 13.8. The third-order valence-corrected chi connectivity index (χ3v) is 4.82. The Morgan fingerprint density at radius 1 is 1.42 bits per heavy atom. The third kappa shape index (κ3) is 3.32. The van der Waals surface area contributed by atoms with E-state index in [0.29, 0.717) is 24.1 Å². The van der Waals surface area contributed by atoms with Gasteiger partial charge in [-0.3, -0.25) is 0 Å². The van der Waals surface area contributed by atoms with Crippen LogP contribution in [0.1, 0.15) is 17.5 Å². The number of sulfonamides is 1. The second kappa shape index (κ2) is 5.70. The van der Waals surface area contributed by atoms with Crippen molar-refractivity contribution in [2.75, 3.05) is 18.9 Å². The molecule has 1 aromatic rings. The highest BCUT2D eigenvalue weighted by Crippen LogP contribution is 2.19. The Kier molecular flexibility index (Phi) is 4.20. The Morgan fingerprint density at radius 3 is 2.79 bits per heavy atom. The SMILES string of the molecule is O=S1(=O)CCCN1Cc1ccc(C#CCO)cc1F. The molecule has 0 atom stereocenters. The summed E-state index contributed by atoms with van der Waals surface area (Å²) >= 11 is 0. The van der Waals surface area contributed by atoms with E-state index in [-0.39, 0.29) is 18.9 Å². The van der Waals surface area contributed by atoms with Gasteiger partial charge in [-0.15, -0.1) is 0 Å². The molecule has 1 heterocycles. The predicted octanol–water partition coefficient (Wildman–Crippen LogP) is 0.705. The molecule has 1 fully saturated rings. The Bertz CT molecular complexity index is 631. The van der Waals surface area contributed by atoms with Gasteiger partial charge in [0.1, 0.15) is 12.4 Å². The van der Waals surface area contributed by atoms with Crippen LogP contribution < -0.4 is 0 Å². The van der Waals surface area contributed by atoms with E-state index in [9.17, 15) is 12.8 Å². The van der Waals surface area contributed by atoms with E-state index in [1.165, 1.54) is 16.4 Å². The maximum absolute atomic E-state index is 13.8. The fraction of sp³-hybridized carbons (Fsp3) is 0.385. The van der Waals surface area contributed by atoms with Crippen LogP contribution >= 0.6 is 0 Å². The van der Waals surface area contributed by atoms with Gasteiger partial charge in [0.15, 0.2) is 0 Å². The molecule has 0 aromatic heterocycles. The first-order valence-electron chi connectivity index (χ1n) is 5.89. The molecule has 102 valence electrons. The summed E-state index contributed by atoms with van der Waals surface area (Å²) < 4.78 is 38.4. The molecule has 1 aliphatic heterocycles. The fourth-order valence-electron chi connectivity index (χ4n) is 1.95. The minimum Gasteiger partial charge on any atom is -0.384 e. The molecule has 0 unspecified atom stereocenters. The van der Waals surface area contributed by atoms with Crippen LogP contribution in [0.4, 0.5) is 4.39 Å². The number of benzene rings is 1. The number of halogens is 1. The van der Waals surface area contributed by atoms with Gasteiger partial charge in [-0.25, -0.2) is 12.8 Å². The molecule has 0 spiro atoms. The van der Waals surface area contributed by atoms with Gasteiger partial charge in [0, 0.05) is 24.2 Å². The molecule has 1 saturated heterocycles. The van der Waals surface area contributed by atoms with Crippen LogP contribution in [0.5, 0.6) is 0 Å². The quantitative estimate of drug-likeness (QED) is 0.813. The lowest BCUT2D eigenvalue weighted by Crippen LogP contribution is -2.25. The lowest BCUT2D eigenvalue weighted by Gasteiger charge is -2.14. The summed E-state index contributed by atoms with van der Waals surface area (Å²) in [5, 5.41) is 8.56. The first-order valence-corrected chi connectivity index (χ1v) is 7.50. The summed E-state index contributed by atoms with van der Waals surface area (Å²) in [5.74, 6) is 4.68. The Morgan fingerprint density at radius 2 is 2.21 bits per heavy atom. The first kappa shape index (κ1) is 14.0.